The van der Waals surface area contributed by atoms with Gasteiger partial charge in [-0.2, -0.15) is 9.46 Å². The third kappa shape index (κ3) is 3.45. The van der Waals surface area contributed by atoms with Gasteiger partial charge in [0.1, 0.15) is 34.1 Å². The van der Waals surface area contributed by atoms with Crippen LogP contribution < -0.4 is 15.4 Å². The van der Waals surface area contributed by atoms with E-state index in [0.29, 0.717) is 21.1 Å². The molecule has 0 radical (unpaired) electrons. The van der Waals surface area contributed by atoms with Gasteiger partial charge in [-0.3, -0.25) is 14.6 Å². The molecule has 166 valence electrons. The highest BCUT2D eigenvalue weighted by atomic mass is 32.2. The minimum absolute atomic E-state index is 0.0827. The number of benzene rings is 2. The molecule has 2 aromatic carbocycles. The van der Waals surface area contributed by atoms with E-state index in [1.807, 2.05) is 12.1 Å². The lowest BCUT2D eigenvalue weighted by molar-refractivity contribution is 0.304. The lowest BCUT2D eigenvalue weighted by Gasteiger charge is -2.26. The predicted octanol–water partition coefficient (Wildman–Crippen LogP) is 3.53. The highest BCUT2D eigenvalue weighted by Gasteiger charge is 2.31. The van der Waals surface area contributed by atoms with Gasteiger partial charge >= 0.3 is 0 Å². The maximum atomic E-state index is 13.6. The molecule has 0 amide bonds. The van der Waals surface area contributed by atoms with Crippen LogP contribution in [0, 0.1) is 0 Å². The second-order valence-corrected chi connectivity index (χ2v) is 8.08. The molecule has 0 atom stereocenters. The van der Waals surface area contributed by atoms with Gasteiger partial charge in [-0.1, -0.05) is 18.2 Å². The molecule has 9 nitrogen and oxygen atoms in total. The van der Waals surface area contributed by atoms with Crippen molar-refractivity contribution in [1.82, 2.24) is 9.55 Å². The van der Waals surface area contributed by atoms with Gasteiger partial charge < -0.3 is 14.9 Å². The van der Waals surface area contributed by atoms with Crippen LogP contribution in [0.1, 0.15) is 11.1 Å². The summed E-state index contributed by atoms with van der Waals surface area (Å²) in [4.78, 5) is 18.4. The molecule has 2 aromatic heterocycles. The number of methoxy groups -OCH3 is 1. The Morgan fingerprint density at radius 3 is 2.61 bits per heavy atom. The average molecular weight is 462 g/mol. The van der Waals surface area contributed by atoms with Gasteiger partial charge in [0.15, 0.2) is 5.84 Å². The van der Waals surface area contributed by atoms with E-state index in [9.17, 15) is 20.2 Å². The molecule has 10 heteroatoms. The summed E-state index contributed by atoms with van der Waals surface area (Å²) in [5.74, 6) is -0.0454. The fraction of sp³-hybridized carbons (Fsp3) is 0.0870. The Morgan fingerprint density at radius 1 is 1.06 bits per heavy atom. The van der Waals surface area contributed by atoms with E-state index in [1.54, 1.807) is 43.5 Å². The molecule has 0 saturated heterocycles. The minimum Gasteiger partial charge on any atom is -0.506 e. The number of hydroxylamine groups is 1. The highest BCUT2D eigenvalue weighted by Crippen LogP contribution is 2.42. The van der Waals surface area contributed by atoms with Crippen LogP contribution in [-0.2, 0) is 6.54 Å². The number of amidine groups is 1. The third-order valence-corrected chi connectivity index (χ3v) is 6.13. The Balaban J connectivity index is 1.70. The molecule has 3 heterocycles. The zero-order valence-corrected chi connectivity index (χ0v) is 18.2. The number of rotatable bonds is 4. The molecule has 3 N–H and O–H groups in total. The molecule has 0 fully saturated rings. The second kappa shape index (κ2) is 8.15. The molecule has 0 aliphatic carbocycles. The molecule has 1 aliphatic rings. The van der Waals surface area contributed by atoms with Crippen molar-refractivity contribution >= 4 is 34.5 Å². The molecular weight excluding hydrogens is 444 g/mol. The van der Waals surface area contributed by atoms with Gasteiger partial charge in [0.05, 0.1) is 23.9 Å². The Bertz CT molecular complexity index is 1470. The zero-order chi connectivity index (χ0) is 23.1. The van der Waals surface area contributed by atoms with Crippen molar-refractivity contribution in [3.05, 3.63) is 82.3 Å². The number of anilines is 1. The summed E-state index contributed by atoms with van der Waals surface area (Å²) < 4.78 is 10.9. The van der Waals surface area contributed by atoms with Gasteiger partial charge in [-0.25, -0.2) is 4.98 Å². The number of hydrogen-bond acceptors (Lipinski definition) is 9. The Kier molecular flexibility index (Phi) is 5.15. The van der Waals surface area contributed by atoms with Crippen molar-refractivity contribution in [2.75, 3.05) is 12.2 Å². The number of aromatic nitrogens is 2. The predicted molar refractivity (Wildman–Crippen MR) is 125 cm³/mol. The van der Waals surface area contributed by atoms with Crippen LogP contribution in [0.3, 0.4) is 0 Å². The Hall–Kier alpha value is -4.02. The van der Waals surface area contributed by atoms with Crippen LogP contribution in [0.2, 0.25) is 0 Å². The second-order valence-electron chi connectivity index (χ2n) is 7.28. The minimum atomic E-state index is -0.591. The molecular formula is C23H18N4O5S. The maximum absolute atomic E-state index is 13.6. The first-order valence-electron chi connectivity index (χ1n) is 9.89. The standard InChI is InChI=1S/C23H18N4O5S/c1-32-14-9-7-13(8-10-14)12-26-21-15(4-3-11-24-21)20(29)18(23(26)30)22-25-33-17-6-2-5-16(28)19(17)27(22)31/h2-11,28-29,31H,12H2,1H3. The van der Waals surface area contributed by atoms with Crippen LogP contribution >= 0.6 is 11.9 Å². The van der Waals surface area contributed by atoms with E-state index in [-0.39, 0.29) is 40.8 Å². The summed E-state index contributed by atoms with van der Waals surface area (Å²) in [6.07, 6.45) is 1.53. The topological polar surface area (TPSA) is 120 Å². The van der Waals surface area contributed by atoms with Gasteiger partial charge in [0.25, 0.3) is 5.56 Å². The number of nitrogens with zero attached hydrogens (tertiary/aromatic N) is 4. The summed E-state index contributed by atoms with van der Waals surface area (Å²) in [5, 5.41) is 33.1. The number of fused-ring (bicyclic) bond motifs is 2. The summed E-state index contributed by atoms with van der Waals surface area (Å²) in [6, 6.07) is 15.2. The molecule has 5 rings (SSSR count). The Labute approximate surface area is 191 Å². The van der Waals surface area contributed by atoms with Crippen molar-refractivity contribution in [3.8, 4) is 17.2 Å². The van der Waals surface area contributed by atoms with Gasteiger partial charge in [-0.15, -0.1) is 0 Å². The third-order valence-electron chi connectivity index (χ3n) is 5.34. The van der Waals surface area contributed by atoms with E-state index >= 15 is 0 Å². The number of hydrogen-bond donors (Lipinski definition) is 3. The number of pyridine rings is 2. The first-order chi connectivity index (χ1) is 16.0. The number of ether oxygens (including phenoxy) is 1. The van der Waals surface area contributed by atoms with E-state index < -0.39 is 5.56 Å². The van der Waals surface area contributed by atoms with Crippen LogP contribution in [0.25, 0.3) is 11.0 Å². The molecule has 0 spiro atoms. The molecule has 0 bridgehead atoms. The van der Waals surface area contributed by atoms with Crippen LogP contribution in [0.5, 0.6) is 17.2 Å². The van der Waals surface area contributed by atoms with Gasteiger partial charge in [0, 0.05) is 18.1 Å². The van der Waals surface area contributed by atoms with Crippen LogP contribution in [0.4, 0.5) is 5.69 Å². The highest BCUT2D eigenvalue weighted by molar-refractivity contribution is 7.98. The van der Waals surface area contributed by atoms with Crippen molar-refractivity contribution in [2.24, 2.45) is 4.40 Å². The fourth-order valence-electron chi connectivity index (χ4n) is 3.71. The van der Waals surface area contributed by atoms with Crippen molar-refractivity contribution in [1.29, 1.82) is 0 Å². The number of phenols is 1. The fourth-order valence-corrected chi connectivity index (χ4v) is 4.48. The maximum Gasteiger partial charge on any atom is 0.267 e. The monoisotopic (exact) mass is 462 g/mol. The SMILES string of the molecule is COc1ccc(Cn2c(=O)c(C3=NSc4cccc(O)c4N3O)c(O)c3cccnc32)cc1. The average Bonchev–Trinajstić information content (AvgIpc) is 2.83. The van der Waals surface area contributed by atoms with Crippen LogP contribution in [-0.4, -0.2) is 37.9 Å². The molecule has 33 heavy (non-hydrogen) atoms. The van der Waals surface area contributed by atoms with Crippen molar-refractivity contribution in [2.45, 2.75) is 11.4 Å². The summed E-state index contributed by atoms with van der Waals surface area (Å²) in [6.45, 7) is 0.164. The molecule has 1 aliphatic heterocycles. The summed E-state index contributed by atoms with van der Waals surface area (Å²) >= 11 is 0.984. The summed E-state index contributed by atoms with van der Waals surface area (Å²) in [5.41, 5.74) is 0.389. The smallest absolute Gasteiger partial charge is 0.267 e. The Morgan fingerprint density at radius 2 is 1.85 bits per heavy atom. The van der Waals surface area contributed by atoms with E-state index in [0.717, 1.165) is 17.5 Å². The van der Waals surface area contributed by atoms with E-state index in [4.69, 9.17) is 4.74 Å². The van der Waals surface area contributed by atoms with Crippen molar-refractivity contribution < 1.29 is 20.2 Å². The van der Waals surface area contributed by atoms with E-state index in [2.05, 4.69) is 9.38 Å². The number of phenolic OH excluding ortho intramolecular Hbond substituents is 1. The normalized spacial score (nSPS) is 13.0. The number of para-hydroxylation sites is 1. The first-order valence-corrected chi connectivity index (χ1v) is 10.7. The van der Waals surface area contributed by atoms with Crippen LogP contribution in [0.15, 0.2) is 74.9 Å². The lowest BCUT2D eigenvalue weighted by atomic mass is 10.1. The number of aromatic hydroxyl groups is 2. The van der Waals surface area contributed by atoms with E-state index in [1.165, 1.54) is 16.8 Å². The molecule has 4 aromatic rings. The summed E-state index contributed by atoms with van der Waals surface area (Å²) in [7, 11) is 1.57. The molecule has 0 saturated carbocycles. The van der Waals surface area contributed by atoms with Crippen molar-refractivity contribution in [3.63, 3.8) is 0 Å². The largest absolute Gasteiger partial charge is 0.506 e. The lowest BCUT2D eigenvalue weighted by Crippen LogP contribution is -2.37. The quantitative estimate of drug-likeness (QED) is 0.394. The molecule has 0 unspecified atom stereocenters. The van der Waals surface area contributed by atoms with Gasteiger partial charge in [0.2, 0.25) is 0 Å². The van der Waals surface area contributed by atoms with Gasteiger partial charge in [-0.05, 0) is 42.0 Å². The first kappa shape index (κ1) is 20.9. The zero-order valence-electron chi connectivity index (χ0n) is 17.3.